The Bertz CT molecular complexity index is 977. The van der Waals surface area contributed by atoms with E-state index >= 15 is 0 Å². The van der Waals surface area contributed by atoms with Gasteiger partial charge in [-0.2, -0.15) is 4.98 Å². The summed E-state index contributed by atoms with van der Waals surface area (Å²) in [5.74, 6) is 0.648. The Labute approximate surface area is 154 Å². The molecule has 4 rings (SSSR count). The van der Waals surface area contributed by atoms with Crippen LogP contribution in [0.2, 0.25) is 0 Å². The number of nitrogens with zero attached hydrogens (tertiary/aromatic N) is 2. The van der Waals surface area contributed by atoms with Crippen molar-refractivity contribution in [3.05, 3.63) is 65.4 Å². The Morgan fingerprint density at radius 3 is 2.59 bits per heavy atom. The van der Waals surface area contributed by atoms with Gasteiger partial charge >= 0.3 is 0 Å². The van der Waals surface area contributed by atoms with Crippen LogP contribution in [0.4, 0.5) is 26.2 Å². The monoisotopic (exact) mass is 370 g/mol. The largest absolute Gasteiger partial charge is 0.454 e. The Kier molecular flexibility index (Phi) is 4.45. The van der Waals surface area contributed by atoms with Crippen molar-refractivity contribution >= 4 is 17.5 Å². The fourth-order valence-corrected chi connectivity index (χ4v) is 2.69. The number of fused-ring (bicyclic) bond motifs is 1. The van der Waals surface area contributed by atoms with Gasteiger partial charge in [0.2, 0.25) is 12.7 Å². The lowest BCUT2D eigenvalue weighted by Crippen LogP contribution is -2.07. The fourth-order valence-electron chi connectivity index (χ4n) is 2.69. The van der Waals surface area contributed by atoms with Gasteiger partial charge in [-0.25, -0.2) is 13.8 Å². The van der Waals surface area contributed by atoms with Crippen molar-refractivity contribution in [3.63, 3.8) is 0 Å². The third-order valence-electron chi connectivity index (χ3n) is 3.96. The van der Waals surface area contributed by atoms with E-state index < -0.39 is 11.6 Å². The number of para-hydroxylation sites is 1. The van der Waals surface area contributed by atoms with E-state index in [1.165, 1.54) is 18.2 Å². The lowest BCUT2D eigenvalue weighted by atomic mass is 10.2. The summed E-state index contributed by atoms with van der Waals surface area (Å²) in [7, 11) is 0. The first-order valence-electron chi connectivity index (χ1n) is 8.27. The molecule has 2 aromatic carbocycles. The van der Waals surface area contributed by atoms with Crippen LogP contribution in [0.5, 0.6) is 11.5 Å². The van der Waals surface area contributed by atoms with Crippen LogP contribution in [0.1, 0.15) is 11.3 Å². The maximum atomic E-state index is 13.8. The molecule has 6 nitrogen and oxygen atoms in total. The van der Waals surface area contributed by atoms with Gasteiger partial charge in [0.1, 0.15) is 23.1 Å². The maximum absolute atomic E-state index is 13.8. The van der Waals surface area contributed by atoms with E-state index in [4.69, 9.17) is 9.47 Å². The van der Waals surface area contributed by atoms with Crippen molar-refractivity contribution in [2.24, 2.45) is 0 Å². The molecule has 8 heteroatoms. The van der Waals surface area contributed by atoms with Gasteiger partial charge in [0.15, 0.2) is 11.5 Å². The van der Waals surface area contributed by atoms with E-state index in [1.54, 1.807) is 13.0 Å². The van der Waals surface area contributed by atoms with Gasteiger partial charge < -0.3 is 20.1 Å². The number of rotatable bonds is 5. The van der Waals surface area contributed by atoms with Gasteiger partial charge in [-0.3, -0.25) is 0 Å². The Morgan fingerprint density at radius 1 is 1.00 bits per heavy atom. The number of hydrogen-bond donors (Lipinski definition) is 2. The third kappa shape index (κ3) is 3.74. The van der Waals surface area contributed by atoms with Crippen LogP contribution in [-0.4, -0.2) is 16.8 Å². The first-order chi connectivity index (χ1) is 13.1. The molecule has 1 aliphatic rings. The van der Waals surface area contributed by atoms with E-state index in [-0.39, 0.29) is 12.5 Å². The van der Waals surface area contributed by atoms with E-state index in [9.17, 15) is 8.78 Å². The zero-order valence-corrected chi connectivity index (χ0v) is 14.4. The molecule has 0 saturated heterocycles. The molecule has 0 radical (unpaired) electrons. The normalized spacial score (nSPS) is 12.1. The van der Waals surface area contributed by atoms with Crippen LogP contribution in [0.15, 0.2) is 42.5 Å². The average Bonchev–Trinajstić information content (AvgIpc) is 3.11. The highest BCUT2D eigenvalue weighted by Crippen LogP contribution is 2.32. The van der Waals surface area contributed by atoms with Gasteiger partial charge in [0.25, 0.3) is 0 Å². The highest BCUT2D eigenvalue weighted by atomic mass is 19.1. The Morgan fingerprint density at radius 2 is 1.78 bits per heavy atom. The van der Waals surface area contributed by atoms with Crippen LogP contribution in [0.3, 0.4) is 0 Å². The minimum atomic E-state index is -0.693. The third-order valence-corrected chi connectivity index (χ3v) is 3.96. The number of nitrogens with one attached hydrogen (secondary N) is 2. The zero-order chi connectivity index (χ0) is 18.8. The summed E-state index contributed by atoms with van der Waals surface area (Å²) < 4.78 is 38.3. The second kappa shape index (κ2) is 7.06. The summed E-state index contributed by atoms with van der Waals surface area (Å²) in [5.41, 5.74) is 1.36. The van der Waals surface area contributed by atoms with Gasteiger partial charge in [-0.15, -0.1) is 0 Å². The molecule has 0 unspecified atom stereocenters. The number of hydrogen-bond acceptors (Lipinski definition) is 6. The lowest BCUT2D eigenvalue weighted by molar-refractivity contribution is 0.174. The molecule has 0 amide bonds. The number of ether oxygens (including phenoxy) is 2. The maximum Gasteiger partial charge on any atom is 0.231 e. The zero-order valence-electron chi connectivity index (χ0n) is 14.4. The SMILES string of the molecule is Cc1cc(Nc2c(F)cccc2F)nc(NCc2ccc3c(c2)OCO3)n1. The van der Waals surface area contributed by atoms with Crippen molar-refractivity contribution < 1.29 is 18.3 Å². The average molecular weight is 370 g/mol. The van der Waals surface area contributed by atoms with Crippen molar-refractivity contribution in [1.82, 2.24) is 9.97 Å². The summed E-state index contributed by atoms with van der Waals surface area (Å²) in [6, 6.07) is 10.9. The van der Waals surface area contributed by atoms with Crippen LogP contribution >= 0.6 is 0 Å². The smallest absolute Gasteiger partial charge is 0.231 e. The van der Waals surface area contributed by atoms with E-state index in [0.29, 0.717) is 35.5 Å². The number of halogens is 2. The molecular weight excluding hydrogens is 354 g/mol. The van der Waals surface area contributed by atoms with Crippen molar-refractivity contribution in [2.75, 3.05) is 17.4 Å². The molecule has 1 aromatic heterocycles. The molecular formula is C19H16F2N4O2. The van der Waals surface area contributed by atoms with Crippen LogP contribution in [-0.2, 0) is 6.54 Å². The van der Waals surface area contributed by atoms with Gasteiger partial charge in [-0.05, 0) is 36.8 Å². The summed E-state index contributed by atoms with van der Waals surface area (Å²) in [5, 5.41) is 5.78. The topological polar surface area (TPSA) is 68.3 Å². The molecule has 1 aliphatic heterocycles. The standard InChI is InChI=1S/C19H16F2N4O2/c1-11-7-17(24-18-13(20)3-2-4-14(18)21)25-19(23-11)22-9-12-5-6-15-16(8-12)27-10-26-15/h2-8H,9-10H2,1H3,(H2,22,23,24,25). The molecule has 0 fully saturated rings. The van der Waals surface area contributed by atoms with Crippen LogP contribution in [0, 0.1) is 18.6 Å². The van der Waals surface area contributed by atoms with Crippen molar-refractivity contribution in [3.8, 4) is 11.5 Å². The summed E-state index contributed by atoms with van der Waals surface area (Å²) in [6.45, 7) is 2.44. The molecule has 0 spiro atoms. The van der Waals surface area contributed by atoms with Crippen LogP contribution < -0.4 is 20.1 Å². The highest BCUT2D eigenvalue weighted by Gasteiger charge is 2.14. The summed E-state index contributed by atoms with van der Waals surface area (Å²) >= 11 is 0. The molecule has 0 saturated carbocycles. The van der Waals surface area contributed by atoms with Crippen molar-refractivity contribution in [1.29, 1.82) is 0 Å². The number of aryl methyl sites for hydroxylation is 1. The molecule has 0 atom stereocenters. The second-order valence-electron chi connectivity index (χ2n) is 5.98. The number of benzene rings is 2. The molecule has 27 heavy (non-hydrogen) atoms. The predicted molar refractivity (Wildman–Crippen MR) is 96.3 cm³/mol. The summed E-state index contributed by atoms with van der Waals surface area (Å²) in [6.07, 6.45) is 0. The number of anilines is 3. The van der Waals surface area contributed by atoms with E-state index in [2.05, 4.69) is 20.6 Å². The minimum absolute atomic E-state index is 0.217. The minimum Gasteiger partial charge on any atom is -0.454 e. The highest BCUT2D eigenvalue weighted by molar-refractivity contribution is 5.59. The molecule has 0 bridgehead atoms. The first kappa shape index (κ1) is 17.0. The quantitative estimate of drug-likeness (QED) is 0.703. The molecule has 2 heterocycles. The molecule has 138 valence electrons. The van der Waals surface area contributed by atoms with Gasteiger partial charge in [-0.1, -0.05) is 12.1 Å². The van der Waals surface area contributed by atoms with Gasteiger partial charge in [0.05, 0.1) is 0 Å². The molecule has 2 N–H and O–H groups in total. The first-order valence-corrected chi connectivity index (χ1v) is 8.27. The lowest BCUT2D eigenvalue weighted by Gasteiger charge is -2.11. The molecule has 3 aromatic rings. The fraction of sp³-hybridized carbons (Fsp3) is 0.158. The Balaban J connectivity index is 1.50. The second-order valence-corrected chi connectivity index (χ2v) is 5.98. The number of aromatic nitrogens is 2. The van der Waals surface area contributed by atoms with E-state index in [0.717, 1.165) is 5.56 Å². The van der Waals surface area contributed by atoms with Gasteiger partial charge in [0, 0.05) is 18.3 Å². The van der Waals surface area contributed by atoms with E-state index in [1.807, 2.05) is 18.2 Å². The summed E-state index contributed by atoms with van der Waals surface area (Å²) in [4.78, 5) is 8.58. The molecule has 0 aliphatic carbocycles. The Hall–Kier alpha value is -3.42. The van der Waals surface area contributed by atoms with Crippen molar-refractivity contribution in [2.45, 2.75) is 13.5 Å². The predicted octanol–water partition coefficient (Wildman–Crippen LogP) is 4.15. The van der Waals surface area contributed by atoms with Crippen LogP contribution in [0.25, 0.3) is 0 Å².